The maximum Gasteiger partial charge on any atom is 0.269 e. The number of non-ortho nitro benzene ring substituents is 1. The van der Waals surface area contributed by atoms with Crippen molar-refractivity contribution in [3.05, 3.63) is 76.8 Å². The average Bonchev–Trinajstić information content (AvgIpc) is 2.57. The lowest BCUT2D eigenvalue weighted by atomic mass is 10.0. The molecule has 0 saturated heterocycles. The molecule has 0 unspecified atom stereocenters. The minimum Gasteiger partial charge on any atom is -0.457 e. The summed E-state index contributed by atoms with van der Waals surface area (Å²) in [6.45, 7) is 0. The lowest BCUT2D eigenvalue weighted by Gasteiger charge is -2.12. The van der Waals surface area contributed by atoms with E-state index in [4.69, 9.17) is 16.2 Å². The number of hydrogen-bond acceptors (Lipinski definition) is 5. The van der Waals surface area contributed by atoms with Crippen LogP contribution in [0.25, 0.3) is 11.1 Å². The average molecular weight is 321 g/mol. The van der Waals surface area contributed by atoms with Gasteiger partial charge in [0.15, 0.2) is 0 Å². The third-order valence-electron chi connectivity index (χ3n) is 3.50. The van der Waals surface area contributed by atoms with Crippen LogP contribution >= 0.6 is 0 Å². The molecule has 0 fully saturated rings. The first-order valence-electron chi connectivity index (χ1n) is 7.21. The number of nitro groups is 1. The zero-order valence-electron chi connectivity index (χ0n) is 12.7. The molecule has 3 aromatic carbocycles. The minimum absolute atomic E-state index is 0.00804. The Hall–Kier alpha value is -3.54. The third kappa shape index (κ3) is 3.27. The van der Waals surface area contributed by atoms with Crippen LogP contribution in [0.5, 0.6) is 11.5 Å². The maximum atomic E-state index is 10.7. The van der Waals surface area contributed by atoms with Gasteiger partial charge in [-0.2, -0.15) is 0 Å². The minimum atomic E-state index is -0.454. The first kappa shape index (κ1) is 15.4. The standard InChI is InChI=1S/C18H15N3O3/c19-13-3-1-12(2-4-13)17-10-5-14(20)11-18(17)24-16-8-6-15(7-9-16)21(22)23/h1-11H,19-20H2. The zero-order chi connectivity index (χ0) is 17.1. The molecule has 6 nitrogen and oxygen atoms in total. The molecule has 3 aromatic rings. The van der Waals surface area contributed by atoms with Crippen molar-refractivity contribution in [2.24, 2.45) is 0 Å². The van der Waals surface area contributed by atoms with Gasteiger partial charge < -0.3 is 16.2 Å². The number of hydrogen-bond donors (Lipinski definition) is 2. The fraction of sp³-hybridized carbons (Fsp3) is 0. The molecule has 0 saturated carbocycles. The molecule has 0 aliphatic rings. The van der Waals surface area contributed by atoms with E-state index in [0.29, 0.717) is 22.9 Å². The predicted molar refractivity (Wildman–Crippen MR) is 93.9 cm³/mol. The van der Waals surface area contributed by atoms with E-state index in [1.54, 1.807) is 36.4 Å². The third-order valence-corrected chi connectivity index (χ3v) is 3.50. The van der Waals surface area contributed by atoms with Gasteiger partial charge in [0, 0.05) is 35.1 Å². The highest BCUT2D eigenvalue weighted by Gasteiger charge is 2.10. The lowest BCUT2D eigenvalue weighted by Crippen LogP contribution is -1.93. The van der Waals surface area contributed by atoms with Crippen LogP contribution in [0.3, 0.4) is 0 Å². The van der Waals surface area contributed by atoms with Gasteiger partial charge in [0.25, 0.3) is 5.69 Å². The summed E-state index contributed by atoms with van der Waals surface area (Å²) in [5.41, 5.74) is 14.6. The van der Waals surface area contributed by atoms with Crippen molar-refractivity contribution < 1.29 is 9.66 Å². The van der Waals surface area contributed by atoms with Crippen LogP contribution in [0.2, 0.25) is 0 Å². The first-order chi connectivity index (χ1) is 11.5. The molecule has 0 spiro atoms. The summed E-state index contributed by atoms with van der Waals surface area (Å²) in [6.07, 6.45) is 0. The van der Waals surface area contributed by atoms with Crippen molar-refractivity contribution in [2.75, 3.05) is 11.5 Å². The van der Waals surface area contributed by atoms with Crippen molar-refractivity contribution in [1.29, 1.82) is 0 Å². The van der Waals surface area contributed by atoms with Crippen LogP contribution in [0, 0.1) is 10.1 Å². The number of nitrogens with two attached hydrogens (primary N) is 2. The molecular formula is C18H15N3O3. The van der Waals surface area contributed by atoms with Crippen LogP contribution in [-0.4, -0.2) is 4.92 Å². The second-order valence-corrected chi connectivity index (χ2v) is 5.23. The molecule has 0 bridgehead atoms. The van der Waals surface area contributed by atoms with Crippen molar-refractivity contribution in [3.8, 4) is 22.6 Å². The van der Waals surface area contributed by atoms with Crippen LogP contribution in [0.4, 0.5) is 17.1 Å². The molecule has 0 aliphatic carbocycles. The van der Waals surface area contributed by atoms with Crippen molar-refractivity contribution in [1.82, 2.24) is 0 Å². The molecule has 0 aliphatic heterocycles. The molecule has 120 valence electrons. The monoisotopic (exact) mass is 321 g/mol. The molecule has 3 rings (SSSR count). The maximum absolute atomic E-state index is 10.7. The Labute approximate surface area is 138 Å². The number of nitrogens with zero attached hydrogens (tertiary/aromatic N) is 1. The second-order valence-electron chi connectivity index (χ2n) is 5.23. The zero-order valence-corrected chi connectivity index (χ0v) is 12.7. The predicted octanol–water partition coefficient (Wildman–Crippen LogP) is 4.22. The van der Waals surface area contributed by atoms with Gasteiger partial charge in [-0.1, -0.05) is 12.1 Å². The summed E-state index contributed by atoms with van der Waals surface area (Å²) in [6, 6.07) is 18.6. The molecule has 0 aromatic heterocycles. The van der Waals surface area contributed by atoms with E-state index in [1.165, 1.54) is 12.1 Å². The number of ether oxygens (including phenoxy) is 1. The van der Waals surface area contributed by atoms with Gasteiger partial charge in [0.2, 0.25) is 0 Å². The van der Waals surface area contributed by atoms with Gasteiger partial charge >= 0.3 is 0 Å². The molecule has 4 N–H and O–H groups in total. The molecule has 0 atom stereocenters. The summed E-state index contributed by atoms with van der Waals surface area (Å²) < 4.78 is 5.88. The summed E-state index contributed by atoms with van der Waals surface area (Å²) in [5.74, 6) is 1.05. The van der Waals surface area contributed by atoms with Gasteiger partial charge in [-0.05, 0) is 42.0 Å². The summed E-state index contributed by atoms with van der Waals surface area (Å²) in [4.78, 5) is 10.3. The van der Waals surface area contributed by atoms with E-state index in [-0.39, 0.29) is 5.69 Å². The van der Waals surface area contributed by atoms with E-state index in [0.717, 1.165) is 11.1 Å². The first-order valence-corrected chi connectivity index (χ1v) is 7.21. The SMILES string of the molecule is Nc1ccc(-c2ccc(N)cc2Oc2ccc([N+](=O)[O-])cc2)cc1. The van der Waals surface area contributed by atoms with Gasteiger partial charge in [-0.3, -0.25) is 10.1 Å². The highest BCUT2D eigenvalue weighted by molar-refractivity contribution is 5.74. The number of anilines is 2. The topological polar surface area (TPSA) is 104 Å². The van der Waals surface area contributed by atoms with E-state index < -0.39 is 4.92 Å². The normalized spacial score (nSPS) is 10.3. The van der Waals surface area contributed by atoms with Gasteiger partial charge in [0.05, 0.1) is 4.92 Å². The Balaban J connectivity index is 1.96. The van der Waals surface area contributed by atoms with E-state index in [1.807, 2.05) is 18.2 Å². The Bertz CT molecular complexity index is 875. The van der Waals surface area contributed by atoms with Gasteiger partial charge in [-0.25, -0.2) is 0 Å². The number of benzene rings is 3. The largest absolute Gasteiger partial charge is 0.457 e. The lowest BCUT2D eigenvalue weighted by molar-refractivity contribution is -0.384. The van der Waals surface area contributed by atoms with Crippen LogP contribution in [-0.2, 0) is 0 Å². The summed E-state index contributed by atoms with van der Waals surface area (Å²) in [5, 5.41) is 10.7. The smallest absolute Gasteiger partial charge is 0.269 e. The highest BCUT2D eigenvalue weighted by atomic mass is 16.6. The molecule has 0 heterocycles. The second kappa shape index (κ2) is 6.29. The van der Waals surface area contributed by atoms with Crippen LogP contribution in [0.1, 0.15) is 0 Å². The molecule has 0 radical (unpaired) electrons. The Morgan fingerprint density at radius 3 is 2.08 bits per heavy atom. The molecule has 0 amide bonds. The molecule has 6 heteroatoms. The Kier molecular flexibility index (Phi) is 4.03. The highest BCUT2D eigenvalue weighted by Crippen LogP contribution is 2.35. The van der Waals surface area contributed by atoms with E-state index in [2.05, 4.69) is 0 Å². The van der Waals surface area contributed by atoms with Crippen molar-refractivity contribution in [2.45, 2.75) is 0 Å². The quantitative estimate of drug-likeness (QED) is 0.425. The van der Waals surface area contributed by atoms with Crippen LogP contribution in [0.15, 0.2) is 66.7 Å². The summed E-state index contributed by atoms with van der Waals surface area (Å²) >= 11 is 0. The van der Waals surface area contributed by atoms with Gasteiger partial charge in [0.1, 0.15) is 11.5 Å². The fourth-order valence-corrected chi connectivity index (χ4v) is 2.29. The Morgan fingerprint density at radius 1 is 0.833 bits per heavy atom. The van der Waals surface area contributed by atoms with E-state index in [9.17, 15) is 10.1 Å². The number of nitrogen functional groups attached to an aromatic ring is 2. The number of rotatable bonds is 4. The van der Waals surface area contributed by atoms with Crippen molar-refractivity contribution in [3.63, 3.8) is 0 Å². The van der Waals surface area contributed by atoms with Crippen LogP contribution < -0.4 is 16.2 Å². The Morgan fingerprint density at radius 2 is 1.46 bits per heavy atom. The molecular weight excluding hydrogens is 306 g/mol. The van der Waals surface area contributed by atoms with Crippen molar-refractivity contribution >= 4 is 17.1 Å². The molecule has 24 heavy (non-hydrogen) atoms. The van der Waals surface area contributed by atoms with E-state index >= 15 is 0 Å². The number of nitro benzene ring substituents is 1. The fourth-order valence-electron chi connectivity index (χ4n) is 2.29. The van der Waals surface area contributed by atoms with Gasteiger partial charge in [-0.15, -0.1) is 0 Å². The summed E-state index contributed by atoms with van der Waals surface area (Å²) in [7, 11) is 0.